The lowest BCUT2D eigenvalue weighted by Gasteiger charge is -2.32. The number of carbonyl (C=O) groups is 1. The molecule has 2 aromatic carbocycles. The van der Waals surface area contributed by atoms with Gasteiger partial charge in [-0.25, -0.2) is 4.39 Å². The van der Waals surface area contributed by atoms with Crippen molar-refractivity contribution in [3.8, 4) is 5.75 Å². The van der Waals surface area contributed by atoms with Crippen LogP contribution in [0.5, 0.6) is 5.75 Å². The Labute approximate surface area is 196 Å². The topological polar surface area (TPSA) is 41.6 Å². The first kappa shape index (κ1) is 22.4. The van der Waals surface area contributed by atoms with Gasteiger partial charge < -0.3 is 10.1 Å². The van der Waals surface area contributed by atoms with E-state index in [1.807, 2.05) is 25.1 Å². The van der Waals surface area contributed by atoms with Crippen molar-refractivity contribution in [3.63, 3.8) is 0 Å². The smallest absolute Gasteiger partial charge is 0.223 e. The van der Waals surface area contributed by atoms with E-state index in [0.29, 0.717) is 24.9 Å². The molecule has 5 heteroatoms. The molecule has 1 amide bonds. The van der Waals surface area contributed by atoms with E-state index in [-0.39, 0.29) is 17.9 Å². The molecule has 2 fully saturated rings. The SMILES string of the molecule is CC1CC(C(=O)N[C@@H](C)c2ccc(CN3Cc4ccc(OCC5CC5)cc4C(F)C3)cc2)C1. The number of ether oxygens (including phenoxy) is 1. The Morgan fingerprint density at radius 1 is 1.18 bits per heavy atom. The first-order chi connectivity index (χ1) is 15.9. The lowest BCUT2D eigenvalue weighted by atomic mass is 9.75. The van der Waals surface area contributed by atoms with Crippen LogP contribution in [0.1, 0.15) is 74.0 Å². The Balaban J connectivity index is 1.15. The summed E-state index contributed by atoms with van der Waals surface area (Å²) in [4.78, 5) is 14.5. The first-order valence-electron chi connectivity index (χ1n) is 12.5. The number of hydrogen-bond acceptors (Lipinski definition) is 3. The second-order valence-corrected chi connectivity index (χ2v) is 10.5. The summed E-state index contributed by atoms with van der Waals surface area (Å²) in [5, 5.41) is 3.15. The van der Waals surface area contributed by atoms with Crippen LogP contribution in [0, 0.1) is 17.8 Å². The fraction of sp³-hybridized carbons (Fsp3) is 0.536. The van der Waals surface area contributed by atoms with Crippen molar-refractivity contribution in [2.24, 2.45) is 17.8 Å². The second-order valence-electron chi connectivity index (χ2n) is 10.5. The Kier molecular flexibility index (Phi) is 6.42. The Morgan fingerprint density at radius 2 is 1.94 bits per heavy atom. The van der Waals surface area contributed by atoms with Crippen LogP contribution in [0.2, 0.25) is 0 Å². The summed E-state index contributed by atoms with van der Waals surface area (Å²) in [5.74, 6) is 2.50. The maximum Gasteiger partial charge on any atom is 0.223 e. The molecule has 4 nitrogen and oxygen atoms in total. The van der Waals surface area contributed by atoms with Crippen molar-refractivity contribution >= 4 is 5.91 Å². The minimum Gasteiger partial charge on any atom is -0.493 e. The normalized spacial score (nSPS) is 25.6. The van der Waals surface area contributed by atoms with E-state index < -0.39 is 6.17 Å². The van der Waals surface area contributed by atoms with E-state index in [1.165, 1.54) is 12.8 Å². The molecule has 1 heterocycles. The molecule has 2 aromatic rings. The zero-order valence-electron chi connectivity index (χ0n) is 19.7. The highest BCUT2D eigenvalue weighted by Crippen LogP contribution is 2.35. The van der Waals surface area contributed by atoms with Gasteiger partial charge in [0.05, 0.1) is 12.6 Å². The lowest BCUT2D eigenvalue weighted by Crippen LogP contribution is -2.39. The Bertz CT molecular complexity index is 982. The molecule has 1 unspecified atom stereocenters. The minimum atomic E-state index is -0.998. The zero-order valence-corrected chi connectivity index (χ0v) is 19.7. The molecule has 2 atom stereocenters. The maximum atomic E-state index is 15.0. The zero-order chi connectivity index (χ0) is 22.9. The molecule has 5 rings (SSSR count). The van der Waals surface area contributed by atoms with E-state index in [9.17, 15) is 9.18 Å². The van der Waals surface area contributed by atoms with Crippen LogP contribution < -0.4 is 10.1 Å². The molecule has 2 saturated carbocycles. The summed E-state index contributed by atoms with van der Waals surface area (Å²) < 4.78 is 20.8. The molecule has 176 valence electrons. The number of halogens is 1. The standard InChI is InChI=1S/C28H35FN2O2/c1-18-11-24(12-18)28(32)30-19(2)22-7-5-20(6-8-22)14-31-15-23-9-10-25(33-17-21-3-4-21)13-26(23)27(29)16-31/h5-10,13,18-19,21,24,27H,3-4,11-12,14-17H2,1-2H3,(H,30,32)/t18?,19-,24?,27?/m0/s1. The largest absolute Gasteiger partial charge is 0.493 e. The van der Waals surface area contributed by atoms with Gasteiger partial charge in [-0.3, -0.25) is 9.69 Å². The summed E-state index contributed by atoms with van der Waals surface area (Å²) in [6.07, 6.45) is 3.50. The van der Waals surface area contributed by atoms with Crippen LogP contribution in [-0.4, -0.2) is 24.0 Å². The summed E-state index contributed by atoms with van der Waals surface area (Å²) in [5.41, 5.74) is 4.08. The number of nitrogens with zero attached hydrogens (tertiary/aromatic N) is 1. The van der Waals surface area contributed by atoms with Crippen molar-refractivity contribution in [1.82, 2.24) is 10.2 Å². The molecule has 0 aromatic heterocycles. The highest BCUT2D eigenvalue weighted by Gasteiger charge is 2.32. The number of amides is 1. The number of hydrogen-bond donors (Lipinski definition) is 1. The van der Waals surface area contributed by atoms with Crippen LogP contribution in [0.4, 0.5) is 4.39 Å². The number of nitrogens with one attached hydrogen (secondary N) is 1. The highest BCUT2D eigenvalue weighted by molar-refractivity contribution is 5.79. The summed E-state index contributed by atoms with van der Waals surface area (Å²) in [6, 6.07) is 14.3. The Hall–Kier alpha value is -2.40. The monoisotopic (exact) mass is 450 g/mol. The number of rotatable bonds is 8. The predicted molar refractivity (Wildman–Crippen MR) is 128 cm³/mol. The number of carbonyl (C=O) groups excluding carboxylic acids is 1. The quantitative estimate of drug-likeness (QED) is 0.559. The molecule has 0 bridgehead atoms. The third kappa shape index (κ3) is 5.40. The molecule has 2 aliphatic carbocycles. The number of benzene rings is 2. The van der Waals surface area contributed by atoms with E-state index in [0.717, 1.165) is 54.0 Å². The summed E-state index contributed by atoms with van der Waals surface area (Å²) in [6.45, 7) is 6.83. The van der Waals surface area contributed by atoms with E-state index in [2.05, 4.69) is 41.4 Å². The number of fused-ring (bicyclic) bond motifs is 1. The summed E-state index contributed by atoms with van der Waals surface area (Å²) >= 11 is 0. The molecular formula is C28H35FN2O2. The van der Waals surface area contributed by atoms with E-state index in [4.69, 9.17) is 4.74 Å². The number of alkyl halides is 1. The molecular weight excluding hydrogens is 415 g/mol. The maximum absolute atomic E-state index is 15.0. The fourth-order valence-corrected chi connectivity index (χ4v) is 5.05. The van der Waals surface area contributed by atoms with Gasteiger partial charge in [-0.05, 0) is 78.8 Å². The van der Waals surface area contributed by atoms with Crippen molar-refractivity contribution < 1.29 is 13.9 Å². The first-order valence-corrected chi connectivity index (χ1v) is 12.5. The third-order valence-corrected chi connectivity index (χ3v) is 7.44. The molecule has 0 spiro atoms. The lowest BCUT2D eigenvalue weighted by molar-refractivity contribution is -0.129. The molecule has 3 aliphatic rings. The third-order valence-electron chi connectivity index (χ3n) is 7.44. The molecule has 1 N–H and O–H groups in total. The molecule has 0 radical (unpaired) electrons. The van der Waals surface area contributed by atoms with Gasteiger partial charge in [0.25, 0.3) is 0 Å². The second kappa shape index (κ2) is 9.46. The van der Waals surface area contributed by atoms with Gasteiger partial charge in [0.2, 0.25) is 5.91 Å². The van der Waals surface area contributed by atoms with Crippen LogP contribution in [-0.2, 0) is 17.9 Å². The van der Waals surface area contributed by atoms with Gasteiger partial charge in [0.1, 0.15) is 11.9 Å². The van der Waals surface area contributed by atoms with Crippen molar-refractivity contribution in [3.05, 3.63) is 64.7 Å². The van der Waals surface area contributed by atoms with E-state index >= 15 is 0 Å². The molecule has 1 aliphatic heterocycles. The van der Waals surface area contributed by atoms with Crippen molar-refractivity contribution in [2.45, 2.75) is 64.8 Å². The predicted octanol–water partition coefficient (Wildman–Crippen LogP) is 5.73. The van der Waals surface area contributed by atoms with Gasteiger partial charge >= 0.3 is 0 Å². The van der Waals surface area contributed by atoms with Gasteiger partial charge in [-0.2, -0.15) is 0 Å². The average molecular weight is 451 g/mol. The highest BCUT2D eigenvalue weighted by atomic mass is 19.1. The average Bonchev–Trinajstić information content (AvgIpc) is 3.61. The fourth-order valence-electron chi connectivity index (χ4n) is 5.05. The van der Waals surface area contributed by atoms with Gasteiger partial charge in [0.15, 0.2) is 0 Å². The molecule has 0 saturated heterocycles. The minimum absolute atomic E-state index is 0.00382. The van der Waals surface area contributed by atoms with Crippen LogP contribution in [0.25, 0.3) is 0 Å². The van der Waals surface area contributed by atoms with Crippen LogP contribution in [0.15, 0.2) is 42.5 Å². The van der Waals surface area contributed by atoms with Crippen LogP contribution >= 0.6 is 0 Å². The van der Waals surface area contributed by atoms with Crippen LogP contribution in [0.3, 0.4) is 0 Å². The van der Waals surface area contributed by atoms with Gasteiger partial charge in [-0.15, -0.1) is 0 Å². The van der Waals surface area contributed by atoms with Gasteiger partial charge in [-0.1, -0.05) is 37.3 Å². The van der Waals surface area contributed by atoms with Crippen molar-refractivity contribution in [1.29, 1.82) is 0 Å². The van der Waals surface area contributed by atoms with Gasteiger partial charge in [0, 0.05) is 25.6 Å². The Morgan fingerprint density at radius 3 is 2.64 bits per heavy atom. The molecule has 33 heavy (non-hydrogen) atoms. The van der Waals surface area contributed by atoms with E-state index in [1.54, 1.807) is 0 Å². The summed E-state index contributed by atoms with van der Waals surface area (Å²) in [7, 11) is 0. The van der Waals surface area contributed by atoms with Crippen molar-refractivity contribution in [2.75, 3.05) is 13.2 Å².